The lowest BCUT2D eigenvalue weighted by molar-refractivity contribution is -0.123. The van der Waals surface area contributed by atoms with Crippen LogP contribution in [0.2, 0.25) is 0 Å². The Morgan fingerprint density at radius 3 is 2.72 bits per heavy atom. The molecule has 132 valence electrons. The second-order valence-electron chi connectivity index (χ2n) is 6.88. The van der Waals surface area contributed by atoms with Crippen LogP contribution in [0.15, 0.2) is 48.5 Å². The maximum atomic E-state index is 12.2. The van der Waals surface area contributed by atoms with E-state index < -0.39 is 0 Å². The van der Waals surface area contributed by atoms with Crippen molar-refractivity contribution < 1.29 is 9.53 Å². The molecule has 3 rings (SSSR count). The highest BCUT2D eigenvalue weighted by Crippen LogP contribution is 2.29. The maximum Gasteiger partial charge on any atom is 0.258 e. The third kappa shape index (κ3) is 5.09. The van der Waals surface area contributed by atoms with Crippen molar-refractivity contribution in [1.29, 1.82) is 0 Å². The topological polar surface area (TPSA) is 38.3 Å². The third-order valence-corrected chi connectivity index (χ3v) is 4.83. The zero-order valence-electron chi connectivity index (χ0n) is 15.0. The summed E-state index contributed by atoms with van der Waals surface area (Å²) in [6.07, 6.45) is 6.52. The van der Waals surface area contributed by atoms with E-state index in [4.69, 9.17) is 4.74 Å². The van der Waals surface area contributed by atoms with Crippen molar-refractivity contribution >= 4 is 5.91 Å². The summed E-state index contributed by atoms with van der Waals surface area (Å²) in [5.74, 6) is 0.832. The van der Waals surface area contributed by atoms with Crippen LogP contribution in [0.4, 0.5) is 0 Å². The number of hydrogen-bond donors (Lipinski definition) is 1. The van der Waals surface area contributed by atoms with Crippen LogP contribution in [0.25, 0.3) is 0 Å². The zero-order valence-corrected chi connectivity index (χ0v) is 15.0. The fourth-order valence-corrected chi connectivity index (χ4v) is 3.44. The molecule has 0 heterocycles. The molecule has 0 radical (unpaired) electrons. The van der Waals surface area contributed by atoms with Gasteiger partial charge >= 0.3 is 0 Å². The fourth-order valence-electron chi connectivity index (χ4n) is 3.44. The van der Waals surface area contributed by atoms with E-state index in [2.05, 4.69) is 23.5 Å². The van der Waals surface area contributed by atoms with E-state index in [9.17, 15) is 4.79 Å². The standard InChI is InChI=1S/C22H27NO2/c1-17(14-15-18-8-3-2-4-9-18)23-22(24)16-25-21-13-7-11-19-10-5-6-12-20(19)21/h2-4,7-9,11,13,17H,5-6,10,12,14-16H2,1H3,(H,23,24)/t17-/m0/s1. The maximum absolute atomic E-state index is 12.2. The first kappa shape index (κ1) is 17.5. The molecule has 25 heavy (non-hydrogen) atoms. The summed E-state index contributed by atoms with van der Waals surface area (Å²) in [7, 11) is 0. The van der Waals surface area contributed by atoms with E-state index in [1.54, 1.807) is 0 Å². The predicted molar refractivity (Wildman–Crippen MR) is 101 cm³/mol. The second kappa shape index (κ2) is 8.70. The number of benzene rings is 2. The van der Waals surface area contributed by atoms with Gasteiger partial charge in [0, 0.05) is 6.04 Å². The molecule has 3 nitrogen and oxygen atoms in total. The molecule has 2 aromatic rings. The number of rotatable bonds is 7. The Hall–Kier alpha value is -2.29. The molecule has 2 aromatic carbocycles. The number of ether oxygens (including phenoxy) is 1. The van der Waals surface area contributed by atoms with Gasteiger partial charge in [0.25, 0.3) is 5.91 Å². The monoisotopic (exact) mass is 337 g/mol. The van der Waals surface area contributed by atoms with Gasteiger partial charge in [-0.3, -0.25) is 4.79 Å². The molecule has 1 aliphatic carbocycles. The van der Waals surface area contributed by atoms with Crippen molar-refractivity contribution in [3.05, 3.63) is 65.2 Å². The van der Waals surface area contributed by atoms with Crippen molar-refractivity contribution in [1.82, 2.24) is 5.32 Å². The van der Waals surface area contributed by atoms with E-state index in [-0.39, 0.29) is 18.6 Å². The molecule has 0 bridgehead atoms. The average Bonchev–Trinajstić information content (AvgIpc) is 2.65. The number of nitrogens with one attached hydrogen (secondary N) is 1. The molecular formula is C22H27NO2. The SMILES string of the molecule is C[C@@H](CCc1ccccc1)NC(=O)COc1cccc2c1CCCC2. The molecule has 0 saturated carbocycles. The van der Waals surface area contributed by atoms with E-state index in [0.717, 1.165) is 31.4 Å². The number of aryl methyl sites for hydroxylation is 2. The van der Waals surface area contributed by atoms with Crippen molar-refractivity contribution in [2.45, 2.75) is 51.5 Å². The molecule has 0 saturated heterocycles. The van der Waals surface area contributed by atoms with E-state index >= 15 is 0 Å². The van der Waals surface area contributed by atoms with E-state index in [0.29, 0.717) is 0 Å². The quantitative estimate of drug-likeness (QED) is 0.827. The van der Waals surface area contributed by atoms with Gasteiger partial charge in [-0.15, -0.1) is 0 Å². The lowest BCUT2D eigenvalue weighted by Gasteiger charge is -2.20. The van der Waals surface area contributed by atoms with Gasteiger partial charge in [0.2, 0.25) is 0 Å². The molecule has 3 heteroatoms. The van der Waals surface area contributed by atoms with E-state index in [1.165, 1.54) is 29.5 Å². The van der Waals surface area contributed by atoms with Crippen molar-refractivity contribution in [3.63, 3.8) is 0 Å². The first-order valence-electron chi connectivity index (χ1n) is 9.29. The van der Waals surface area contributed by atoms with Crippen molar-refractivity contribution in [2.24, 2.45) is 0 Å². The molecule has 0 unspecified atom stereocenters. The van der Waals surface area contributed by atoms with Crippen LogP contribution in [-0.4, -0.2) is 18.6 Å². The van der Waals surface area contributed by atoms with Gasteiger partial charge in [-0.25, -0.2) is 0 Å². The minimum absolute atomic E-state index is 0.0472. The Labute approximate surface area is 150 Å². The minimum Gasteiger partial charge on any atom is -0.483 e. The summed E-state index contributed by atoms with van der Waals surface area (Å²) >= 11 is 0. The van der Waals surface area contributed by atoms with Gasteiger partial charge in [-0.05, 0) is 68.2 Å². The molecule has 0 aromatic heterocycles. The number of amides is 1. The highest BCUT2D eigenvalue weighted by molar-refractivity contribution is 5.77. The van der Waals surface area contributed by atoms with Gasteiger partial charge < -0.3 is 10.1 Å². The smallest absolute Gasteiger partial charge is 0.258 e. The Bertz CT molecular complexity index is 696. The Kier molecular flexibility index (Phi) is 6.10. The Morgan fingerprint density at radius 1 is 1.08 bits per heavy atom. The van der Waals surface area contributed by atoms with Crippen LogP contribution >= 0.6 is 0 Å². The largest absolute Gasteiger partial charge is 0.483 e. The molecule has 1 N–H and O–H groups in total. The second-order valence-corrected chi connectivity index (χ2v) is 6.88. The van der Waals surface area contributed by atoms with Gasteiger partial charge in [0.1, 0.15) is 5.75 Å². The summed E-state index contributed by atoms with van der Waals surface area (Å²) in [5, 5.41) is 3.04. The lowest BCUT2D eigenvalue weighted by atomic mass is 9.91. The van der Waals surface area contributed by atoms with Crippen LogP contribution in [-0.2, 0) is 24.1 Å². The highest BCUT2D eigenvalue weighted by atomic mass is 16.5. The third-order valence-electron chi connectivity index (χ3n) is 4.83. The number of carbonyl (C=O) groups is 1. The number of hydrogen-bond acceptors (Lipinski definition) is 2. The summed E-state index contributed by atoms with van der Waals surface area (Å²) < 4.78 is 5.82. The van der Waals surface area contributed by atoms with Crippen LogP contribution in [0.5, 0.6) is 5.75 Å². The van der Waals surface area contributed by atoms with Crippen LogP contribution < -0.4 is 10.1 Å². The highest BCUT2D eigenvalue weighted by Gasteiger charge is 2.15. The minimum atomic E-state index is -0.0472. The summed E-state index contributed by atoms with van der Waals surface area (Å²) in [4.78, 5) is 12.2. The molecule has 1 atom stereocenters. The van der Waals surface area contributed by atoms with Gasteiger partial charge in [-0.2, -0.15) is 0 Å². The molecule has 1 aliphatic rings. The van der Waals surface area contributed by atoms with Gasteiger partial charge in [0.05, 0.1) is 0 Å². The average molecular weight is 337 g/mol. The van der Waals surface area contributed by atoms with Crippen LogP contribution in [0.1, 0.15) is 42.9 Å². The number of fused-ring (bicyclic) bond motifs is 1. The normalized spacial score (nSPS) is 14.4. The number of carbonyl (C=O) groups excluding carboxylic acids is 1. The molecule has 0 aliphatic heterocycles. The summed E-state index contributed by atoms with van der Waals surface area (Å²) in [6, 6.07) is 16.7. The van der Waals surface area contributed by atoms with Crippen LogP contribution in [0, 0.1) is 0 Å². The van der Waals surface area contributed by atoms with Gasteiger partial charge in [0.15, 0.2) is 6.61 Å². The molecule has 0 spiro atoms. The summed E-state index contributed by atoms with van der Waals surface area (Å²) in [6.45, 7) is 2.14. The first-order valence-corrected chi connectivity index (χ1v) is 9.29. The van der Waals surface area contributed by atoms with Gasteiger partial charge in [-0.1, -0.05) is 42.5 Å². The molecule has 1 amide bonds. The Morgan fingerprint density at radius 2 is 1.88 bits per heavy atom. The predicted octanol–water partition coefficient (Wildman–Crippen LogP) is 4.08. The summed E-state index contributed by atoms with van der Waals surface area (Å²) in [5.41, 5.74) is 3.97. The van der Waals surface area contributed by atoms with Crippen molar-refractivity contribution in [3.8, 4) is 5.75 Å². The molecule has 0 fully saturated rings. The Balaban J connectivity index is 1.45. The molecular weight excluding hydrogens is 310 g/mol. The van der Waals surface area contributed by atoms with Crippen LogP contribution in [0.3, 0.4) is 0 Å². The van der Waals surface area contributed by atoms with Crippen molar-refractivity contribution in [2.75, 3.05) is 6.61 Å². The van der Waals surface area contributed by atoms with E-state index in [1.807, 2.05) is 37.3 Å². The first-order chi connectivity index (χ1) is 12.2. The fraction of sp³-hybridized carbons (Fsp3) is 0.409. The zero-order chi connectivity index (χ0) is 17.5. The lowest BCUT2D eigenvalue weighted by Crippen LogP contribution is -2.36.